The van der Waals surface area contributed by atoms with Crippen LogP contribution in [0.15, 0.2) is 48.5 Å². The minimum absolute atomic E-state index is 0.0594. The maximum Gasteiger partial charge on any atom is 0.126 e. The van der Waals surface area contributed by atoms with Gasteiger partial charge in [0.2, 0.25) is 0 Å². The second-order valence-electron chi connectivity index (χ2n) is 7.24. The van der Waals surface area contributed by atoms with Crippen molar-refractivity contribution < 1.29 is 9.13 Å². The lowest BCUT2D eigenvalue weighted by atomic mass is 9.91. The van der Waals surface area contributed by atoms with E-state index in [-0.39, 0.29) is 5.92 Å². The van der Waals surface area contributed by atoms with Gasteiger partial charge in [0, 0.05) is 44.9 Å². The number of rotatable bonds is 8. The molecule has 0 bridgehead atoms. The Morgan fingerprint density at radius 2 is 1.81 bits per heavy atom. The van der Waals surface area contributed by atoms with Crippen LogP contribution < -0.4 is 10.2 Å². The average Bonchev–Trinajstić information content (AvgIpc) is 2.74. The fourth-order valence-electron chi connectivity index (χ4n) is 3.91. The van der Waals surface area contributed by atoms with E-state index in [4.69, 9.17) is 4.74 Å². The summed E-state index contributed by atoms with van der Waals surface area (Å²) in [5, 5.41) is 3.39. The molecule has 3 rings (SSSR count). The van der Waals surface area contributed by atoms with Gasteiger partial charge < -0.3 is 15.0 Å². The Balaban J connectivity index is 1.76. The van der Waals surface area contributed by atoms with Crippen molar-refractivity contribution in [3.05, 3.63) is 65.2 Å². The molecule has 0 aromatic heterocycles. The summed E-state index contributed by atoms with van der Waals surface area (Å²) in [5.74, 6) is 0.0594. The molecule has 2 aromatic carbocycles. The first kappa shape index (κ1) is 19.8. The molecule has 146 valence electrons. The lowest BCUT2D eigenvalue weighted by Gasteiger charge is -2.31. The average molecular weight is 371 g/mol. The number of piperazine rings is 1. The van der Waals surface area contributed by atoms with Crippen LogP contribution in [-0.2, 0) is 11.2 Å². The van der Waals surface area contributed by atoms with E-state index in [0.29, 0.717) is 13.0 Å². The Labute approximate surface area is 162 Å². The minimum Gasteiger partial charge on any atom is -0.384 e. The largest absolute Gasteiger partial charge is 0.384 e. The third kappa shape index (κ3) is 5.08. The van der Waals surface area contributed by atoms with Gasteiger partial charge in [-0.2, -0.15) is 0 Å². The van der Waals surface area contributed by atoms with Crippen molar-refractivity contribution >= 4 is 5.69 Å². The van der Waals surface area contributed by atoms with E-state index < -0.39 is 6.17 Å². The summed E-state index contributed by atoms with van der Waals surface area (Å²) in [6.45, 7) is 6.71. The Morgan fingerprint density at radius 1 is 1.07 bits per heavy atom. The third-order valence-electron chi connectivity index (χ3n) is 5.43. The fraction of sp³-hybridized carbons (Fsp3) is 0.478. The first-order valence-electron chi connectivity index (χ1n) is 9.99. The molecule has 2 unspecified atom stereocenters. The monoisotopic (exact) mass is 370 g/mol. The molecule has 0 spiro atoms. The molecule has 1 aliphatic rings. The highest BCUT2D eigenvalue weighted by Gasteiger charge is 2.21. The standard InChI is InChI=1S/C23H31FN2O/c1-3-18-15-20(9-10-23(18)26-13-11-25-12-14-26)22(24)16-21(17-27-2)19-7-5-4-6-8-19/h4-10,15,21-22,25H,3,11-14,16-17H2,1-2H3. The maximum atomic E-state index is 15.2. The number of ether oxygens (including phenoxy) is 1. The van der Waals surface area contributed by atoms with Crippen molar-refractivity contribution in [3.8, 4) is 0 Å². The van der Waals surface area contributed by atoms with Crippen molar-refractivity contribution in [2.24, 2.45) is 0 Å². The first-order chi connectivity index (χ1) is 13.2. The van der Waals surface area contributed by atoms with Gasteiger partial charge in [-0.1, -0.05) is 49.4 Å². The molecule has 0 saturated carbocycles. The van der Waals surface area contributed by atoms with Crippen molar-refractivity contribution in [2.75, 3.05) is 44.8 Å². The van der Waals surface area contributed by atoms with E-state index in [1.54, 1.807) is 7.11 Å². The molecular weight excluding hydrogens is 339 g/mol. The summed E-state index contributed by atoms with van der Waals surface area (Å²) in [6.07, 6.45) is 0.362. The normalized spacial score (nSPS) is 16.9. The van der Waals surface area contributed by atoms with E-state index in [1.807, 2.05) is 24.3 Å². The predicted molar refractivity (Wildman–Crippen MR) is 110 cm³/mol. The zero-order valence-electron chi connectivity index (χ0n) is 16.5. The van der Waals surface area contributed by atoms with Crippen LogP contribution in [0.3, 0.4) is 0 Å². The Bertz CT molecular complexity index is 701. The van der Waals surface area contributed by atoms with Gasteiger partial charge in [0.15, 0.2) is 0 Å². The highest BCUT2D eigenvalue weighted by atomic mass is 19.1. The van der Waals surface area contributed by atoms with Crippen LogP contribution in [0.1, 0.15) is 42.1 Å². The van der Waals surface area contributed by atoms with E-state index in [0.717, 1.165) is 43.7 Å². The zero-order valence-corrected chi connectivity index (χ0v) is 16.5. The van der Waals surface area contributed by atoms with Crippen LogP contribution in [0.25, 0.3) is 0 Å². The smallest absolute Gasteiger partial charge is 0.126 e. The van der Waals surface area contributed by atoms with E-state index in [9.17, 15) is 0 Å². The molecule has 1 fully saturated rings. The molecule has 3 nitrogen and oxygen atoms in total. The second-order valence-corrected chi connectivity index (χ2v) is 7.24. The first-order valence-corrected chi connectivity index (χ1v) is 9.99. The Kier molecular flexibility index (Phi) is 7.25. The van der Waals surface area contributed by atoms with Gasteiger partial charge in [-0.25, -0.2) is 4.39 Å². The molecule has 0 radical (unpaired) electrons. The number of hydrogen-bond acceptors (Lipinski definition) is 3. The minimum atomic E-state index is -0.993. The quantitative estimate of drug-likeness (QED) is 0.741. The van der Waals surface area contributed by atoms with Gasteiger partial charge in [0.1, 0.15) is 6.17 Å². The summed E-state index contributed by atoms with van der Waals surface area (Å²) in [4.78, 5) is 2.41. The fourth-order valence-corrected chi connectivity index (χ4v) is 3.91. The number of anilines is 1. The number of halogens is 1. The summed E-state index contributed by atoms with van der Waals surface area (Å²) in [5.41, 5.74) is 4.41. The number of methoxy groups -OCH3 is 1. The maximum absolute atomic E-state index is 15.2. The van der Waals surface area contributed by atoms with Crippen LogP contribution in [0, 0.1) is 0 Å². The van der Waals surface area contributed by atoms with Gasteiger partial charge in [0.25, 0.3) is 0 Å². The SMILES string of the molecule is CCc1cc(C(F)CC(COC)c2ccccc2)ccc1N1CCNCC1. The molecule has 1 N–H and O–H groups in total. The zero-order chi connectivity index (χ0) is 19.1. The lowest BCUT2D eigenvalue weighted by Crippen LogP contribution is -2.43. The Morgan fingerprint density at radius 3 is 2.48 bits per heavy atom. The molecule has 2 aromatic rings. The van der Waals surface area contributed by atoms with E-state index in [1.165, 1.54) is 11.3 Å². The lowest BCUT2D eigenvalue weighted by molar-refractivity contribution is 0.160. The van der Waals surface area contributed by atoms with Crippen molar-refractivity contribution in [3.63, 3.8) is 0 Å². The number of benzene rings is 2. The van der Waals surface area contributed by atoms with Gasteiger partial charge in [0.05, 0.1) is 6.61 Å². The molecule has 1 heterocycles. The number of nitrogens with one attached hydrogen (secondary N) is 1. The number of hydrogen-bond donors (Lipinski definition) is 1. The summed E-state index contributed by atoms with van der Waals surface area (Å²) >= 11 is 0. The van der Waals surface area contributed by atoms with Gasteiger partial charge >= 0.3 is 0 Å². The van der Waals surface area contributed by atoms with E-state index >= 15 is 4.39 Å². The van der Waals surface area contributed by atoms with Crippen LogP contribution in [0.5, 0.6) is 0 Å². The highest BCUT2D eigenvalue weighted by Crippen LogP contribution is 2.34. The van der Waals surface area contributed by atoms with Gasteiger partial charge in [-0.05, 0) is 35.6 Å². The molecule has 0 aliphatic carbocycles. The number of alkyl halides is 1. The van der Waals surface area contributed by atoms with Crippen molar-refractivity contribution in [2.45, 2.75) is 31.9 Å². The summed E-state index contributed by atoms with van der Waals surface area (Å²) in [7, 11) is 1.68. The molecule has 1 aliphatic heterocycles. The van der Waals surface area contributed by atoms with Crippen molar-refractivity contribution in [1.29, 1.82) is 0 Å². The van der Waals surface area contributed by atoms with Crippen LogP contribution in [0.2, 0.25) is 0 Å². The van der Waals surface area contributed by atoms with Crippen LogP contribution >= 0.6 is 0 Å². The topological polar surface area (TPSA) is 24.5 Å². The molecule has 27 heavy (non-hydrogen) atoms. The van der Waals surface area contributed by atoms with Gasteiger partial charge in [-0.15, -0.1) is 0 Å². The summed E-state index contributed by atoms with van der Waals surface area (Å²) < 4.78 is 20.6. The molecule has 0 amide bonds. The second kappa shape index (κ2) is 9.86. The summed E-state index contributed by atoms with van der Waals surface area (Å²) in [6, 6.07) is 16.3. The molecule has 2 atom stereocenters. The Hall–Kier alpha value is -1.91. The van der Waals surface area contributed by atoms with Gasteiger partial charge in [-0.3, -0.25) is 0 Å². The molecule has 1 saturated heterocycles. The number of nitrogens with zero attached hydrogens (tertiary/aromatic N) is 1. The molecule has 4 heteroatoms. The highest BCUT2D eigenvalue weighted by molar-refractivity contribution is 5.56. The van der Waals surface area contributed by atoms with Crippen molar-refractivity contribution in [1.82, 2.24) is 5.32 Å². The number of aryl methyl sites for hydroxylation is 1. The predicted octanol–water partition coefficient (Wildman–Crippen LogP) is 4.49. The van der Waals surface area contributed by atoms with E-state index in [2.05, 4.69) is 41.4 Å². The molecular formula is C23H31FN2O. The van der Waals surface area contributed by atoms with Crippen LogP contribution in [-0.4, -0.2) is 39.9 Å². The third-order valence-corrected chi connectivity index (χ3v) is 5.43. The van der Waals surface area contributed by atoms with Crippen LogP contribution in [0.4, 0.5) is 10.1 Å².